The number of barbiturate groups is 1. The van der Waals surface area contributed by atoms with Crippen LogP contribution in [0.2, 0.25) is 0 Å². The maximum absolute atomic E-state index is 13.0. The Morgan fingerprint density at radius 2 is 1.73 bits per heavy atom. The smallest absolute Gasteiger partial charge is 0.337 e. The molecule has 0 atom stereocenters. The standard InChI is InChI=1S/C20H14Br2N2O6/c1-29-16-11(7-12(21)9-15(16)22)8-14-17(25)23-20(28)24(18(14)26)13-5-3-10(4-6-13)19(27)30-2/h3-9H,1-2H3,(H,23,25,28)/b14-8+. The fourth-order valence-corrected chi connectivity index (χ4v) is 4.23. The average molecular weight is 538 g/mol. The van der Waals surface area contributed by atoms with Crippen molar-refractivity contribution in [2.45, 2.75) is 0 Å². The van der Waals surface area contributed by atoms with E-state index in [9.17, 15) is 19.2 Å². The molecule has 0 radical (unpaired) electrons. The highest BCUT2D eigenvalue weighted by molar-refractivity contribution is 9.11. The van der Waals surface area contributed by atoms with Crippen LogP contribution in [0.15, 0.2) is 50.9 Å². The molecule has 1 saturated heterocycles. The van der Waals surface area contributed by atoms with Crippen molar-refractivity contribution in [3.8, 4) is 5.75 Å². The number of hydrogen-bond acceptors (Lipinski definition) is 6. The summed E-state index contributed by atoms with van der Waals surface area (Å²) in [5.41, 5.74) is 0.634. The van der Waals surface area contributed by atoms with Gasteiger partial charge in [0.1, 0.15) is 11.3 Å². The van der Waals surface area contributed by atoms with Crippen molar-refractivity contribution in [1.82, 2.24) is 5.32 Å². The molecule has 1 N–H and O–H groups in total. The monoisotopic (exact) mass is 536 g/mol. The van der Waals surface area contributed by atoms with E-state index < -0.39 is 23.8 Å². The van der Waals surface area contributed by atoms with E-state index >= 15 is 0 Å². The zero-order valence-electron chi connectivity index (χ0n) is 15.7. The van der Waals surface area contributed by atoms with Gasteiger partial charge < -0.3 is 9.47 Å². The first-order chi connectivity index (χ1) is 14.3. The third-order valence-electron chi connectivity index (χ3n) is 4.19. The van der Waals surface area contributed by atoms with Crippen LogP contribution < -0.4 is 15.0 Å². The molecule has 1 aliphatic heterocycles. The number of benzene rings is 2. The van der Waals surface area contributed by atoms with Gasteiger partial charge in [-0.3, -0.25) is 14.9 Å². The van der Waals surface area contributed by atoms with Gasteiger partial charge in [0.15, 0.2) is 0 Å². The van der Waals surface area contributed by atoms with E-state index in [0.29, 0.717) is 20.3 Å². The number of imide groups is 2. The maximum atomic E-state index is 13.0. The highest BCUT2D eigenvalue weighted by Gasteiger charge is 2.37. The molecule has 2 aromatic rings. The van der Waals surface area contributed by atoms with Gasteiger partial charge in [-0.15, -0.1) is 0 Å². The molecule has 1 fully saturated rings. The average Bonchev–Trinajstić information content (AvgIpc) is 2.70. The molecule has 0 spiro atoms. The molecule has 0 aromatic heterocycles. The predicted octanol–water partition coefficient (Wildman–Crippen LogP) is 3.67. The van der Waals surface area contributed by atoms with Crippen LogP contribution in [-0.2, 0) is 14.3 Å². The fourth-order valence-electron chi connectivity index (χ4n) is 2.81. The topological polar surface area (TPSA) is 102 Å². The predicted molar refractivity (Wildman–Crippen MR) is 115 cm³/mol. The third-order valence-corrected chi connectivity index (χ3v) is 5.24. The molecule has 3 rings (SSSR count). The number of nitrogens with one attached hydrogen (secondary N) is 1. The molecule has 1 heterocycles. The number of esters is 1. The van der Waals surface area contributed by atoms with Crippen LogP contribution in [0.5, 0.6) is 5.75 Å². The van der Waals surface area contributed by atoms with Gasteiger partial charge >= 0.3 is 12.0 Å². The lowest BCUT2D eigenvalue weighted by atomic mass is 10.1. The van der Waals surface area contributed by atoms with Gasteiger partial charge in [-0.1, -0.05) is 15.9 Å². The summed E-state index contributed by atoms with van der Waals surface area (Å²) >= 11 is 6.71. The summed E-state index contributed by atoms with van der Waals surface area (Å²) in [6.07, 6.45) is 1.34. The Morgan fingerprint density at radius 3 is 2.33 bits per heavy atom. The summed E-state index contributed by atoms with van der Waals surface area (Å²) in [6.45, 7) is 0. The van der Waals surface area contributed by atoms with Crippen molar-refractivity contribution in [1.29, 1.82) is 0 Å². The fraction of sp³-hybridized carbons (Fsp3) is 0.100. The number of nitrogens with zero attached hydrogens (tertiary/aromatic N) is 1. The van der Waals surface area contributed by atoms with Crippen LogP contribution in [0.25, 0.3) is 6.08 Å². The van der Waals surface area contributed by atoms with Crippen molar-refractivity contribution in [3.63, 3.8) is 0 Å². The Labute approximate surface area is 188 Å². The Hall–Kier alpha value is -2.98. The van der Waals surface area contributed by atoms with Crippen molar-refractivity contribution in [3.05, 3.63) is 62.0 Å². The van der Waals surface area contributed by atoms with Crippen LogP contribution in [-0.4, -0.2) is 38.0 Å². The normalized spacial score (nSPS) is 15.3. The zero-order chi connectivity index (χ0) is 22.0. The van der Waals surface area contributed by atoms with Crippen LogP contribution in [0.1, 0.15) is 15.9 Å². The van der Waals surface area contributed by atoms with Gasteiger partial charge in [0.25, 0.3) is 11.8 Å². The Balaban J connectivity index is 2.03. The van der Waals surface area contributed by atoms with Gasteiger partial charge in [-0.2, -0.15) is 0 Å². The number of amides is 4. The molecule has 1 aliphatic rings. The number of carbonyl (C=O) groups excluding carboxylic acids is 4. The number of carbonyl (C=O) groups is 4. The number of hydrogen-bond donors (Lipinski definition) is 1. The molecule has 0 unspecified atom stereocenters. The molecule has 0 aliphatic carbocycles. The lowest BCUT2D eigenvalue weighted by Gasteiger charge is -2.26. The minimum absolute atomic E-state index is 0.186. The van der Waals surface area contributed by atoms with Gasteiger partial charge in [0.05, 0.1) is 29.9 Å². The number of anilines is 1. The first-order valence-corrected chi connectivity index (χ1v) is 9.98. The maximum Gasteiger partial charge on any atom is 0.337 e. The molecule has 2 aromatic carbocycles. The Kier molecular flexibility index (Phi) is 6.37. The third kappa shape index (κ3) is 4.14. The summed E-state index contributed by atoms with van der Waals surface area (Å²) in [4.78, 5) is 50.1. The van der Waals surface area contributed by atoms with Gasteiger partial charge in [0.2, 0.25) is 0 Å². The zero-order valence-corrected chi connectivity index (χ0v) is 18.9. The number of halogens is 2. The highest BCUT2D eigenvalue weighted by Crippen LogP contribution is 2.34. The summed E-state index contributed by atoms with van der Waals surface area (Å²) in [5.74, 6) is -1.78. The minimum atomic E-state index is -0.893. The summed E-state index contributed by atoms with van der Waals surface area (Å²) < 4.78 is 11.3. The second-order valence-corrected chi connectivity index (χ2v) is 7.78. The number of methoxy groups -OCH3 is 2. The Morgan fingerprint density at radius 1 is 1.07 bits per heavy atom. The van der Waals surface area contributed by atoms with Crippen molar-refractivity contribution in [2.75, 3.05) is 19.1 Å². The summed E-state index contributed by atoms with van der Waals surface area (Å²) in [5, 5.41) is 2.15. The number of rotatable bonds is 4. The first-order valence-electron chi connectivity index (χ1n) is 8.39. The molecule has 4 amide bonds. The SMILES string of the molecule is COC(=O)c1ccc(N2C(=O)NC(=O)/C(=C\c3cc(Br)cc(Br)c3OC)C2=O)cc1. The van der Waals surface area contributed by atoms with Gasteiger partial charge in [-0.25, -0.2) is 14.5 Å². The van der Waals surface area contributed by atoms with Crippen molar-refractivity contribution in [2.24, 2.45) is 0 Å². The number of ether oxygens (including phenoxy) is 2. The van der Waals surface area contributed by atoms with E-state index in [0.717, 1.165) is 4.90 Å². The highest BCUT2D eigenvalue weighted by atomic mass is 79.9. The van der Waals surface area contributed by atoms with Crippen LogP contribution in [0.4, 0.5) is 10.5 Å². The van der Waals surface area contributed by atoms with Crippen LogP contribution in [0.3, 0.4) is 0 Å². The molecule has 10 heteroatoms. The van der Waals surface area contributed by atoms with E-state index in [-0.39, 0.29) is 16.8 Å². The second kappa shape index (κ2) is 8.80. The van der Waals surface area contributed by atoms with E-state index in [1.54, 1.807) is 12.1 Å². The van der Waals surface area contributed by atoms with Crippen LogP contribution >= 0.6 is 31.9 Å². The molecule has 0 saturated carbocycles. The summed E-state index contributed by atoms with van der Waals surface area (Å²) in [7, 11) is 2.70. The van der Waals surface area contributed by atoms with E-state index in [2.05, 4.69) is 41.9 Å². The molecule has 154 valence electrons. The van der Waals surface area contributed by atoms with Gasteiger partial charge in [-0.05, 0) is 58.4 Å². The summed E-state index contributed by atoms with van der Waals surface area (Å²) in [6, 6.07) is 8.17. The molecular weight excluding hydrogens is 524 g/mol. The second-order valence-electron chi connectivity index (χ2n) is 6.01. The minimum Gasteiger partial charge on any atom is -0.495 e. The quantitative estimate of drug-likeness (QED) is 0.362. The Bertz CT molecular complexity index is 1100. The van der Waals surface area contributed by atoms with E-state index in [1.807, 2.05) is 0 Å². The van der Waals surface area contributed by atoms with Crippen molar-refractivity contribution >= 4 is 67.4 Å². The lowest BCUT2D eigenvalue weighted by molar-refractivity contribution is -0.122. The lowest BCUT2D eigenvalue weighted by Crippen LogP contribution is -2.54. The van der Waals surface area contributed by atoms with Gasteiger partial charge in [0, 0.05) is 10.0 Å². The molecule has 30 heavy (non-hydrogen) atoms. The molecule has 0 bridgehead atoms. The van der Waals surface area contributed by atoms with Crippen LogP contribution in [0, 0.1) is 0 Å². The van der Waals surface area contributed by atoms with Crippen molar-refractivity contribution < 1.29 is 28.7 Å². The van der Waals surface area contributed by atoms with E-state index in [1.165, 1.54) is 44.6 Å². The first kappa shape index (κ1) is 21.7. The molecular formula is C20H14Br2N2O6. The molecule has 8 nitrogen and oxygen atoms in total. The largest absolute Gasteiger partial charge is 0.495 e. The number of urea groups is 1. The van der Waals surface area contributed by atoms with E-state index in [4.69, 9.17) is 4.74 Å².